The van der Waals surface area contributed by atoms with Crippen LogP contribution in [-0.4, -0.2) is 13.0 Å². The standard InChI is InChI=1S/C20H24FNO2/c1-12(2)17-11-18(13(3)10-19(17)24-5)20(23)22-14(4)15-6-8-16(21)9-7-15/h6-12,14H,1-5H3,(H,22,23). The Bertz CT molecular complexity index is 723. The van der Waals surface area contributed by atoms with Gasteiger partial charge in [-0.15, -0.1) is 0 Å². The minimum atomic E-state index is -0.287. The highest BCUT2D eigenvalue weighted by molar-refractivity contribution is 5.96. The van der Waals surface area contributed by atoms with Gasteiger partial charge in [-0.2, -0.15) is 0 Å². The fourth-order valence-corrected chi connectivity index (χ4v) is 2.68. The van der Waals surface area contributed by atoms with Crippen molar-refractivity contribution in [3.8, 4) is 5.75 Å². The van der Waals surface area contributed by atoms with E-state index in [1.165, 1.54) is 12.1 Å². The van der Waals surface area contributed by atoms with Gasteiger partial charge in [-0.25, -0.2) is 4.39 Å². The summed E-state index contributed by atoms with van der Waals surface area (Å²) in [6, 6.07) is 9.74. The lowest BCUT2D eigenvalue weighted by Crippen LogP contribution is -2.27. The monoisotopic (exact) mass is 329 g/mol. The first-order chi connectivity index (χ1) is 11.3. The lowest BCUT2D eigenvalue weighted by molar-refractivity contribution is 0.0939. The number of hydrogen-bond donors (Lipinski definition) is 1. The average molecular weight is 329 g/mol. The van der Waals surface area contributed by atoms with Crippen LogP contribution in [0, 0.1) is 12.7 Å². The van der Waals surface area contributed by atoms with E-state index in [-0.39, 0.29) is 23.7 Å². The second-order valence-electron chi connectivity index (χ2n) is 6.31. The van der Waals surface area contributed by atoms with E-state index in [9.17, 15) is 9.18 Å². The summed E-state index contributed by atoms with van der Waals surface area (Å²) in [7, 11) is 1.64. The Kier molecular flexibility index (Phi) is 5.60. The first kappa shape index (κ1) is 18.0. The molecule has 0 radical (unpaired) electrons. The molecule has 1 amide bonds. The van der Waals surface area contributed by atoms with Gasteiger partial charge in [0.15, 0.2) is 0 Å². The van der Waals surface area contributed by atoms with Gasteiger partial charge in [0, 0.05) is 5.56 Å². The normalized spacial score (nSPS) is 12.1. The molecule has 0 fully saturated rings. The van der Waals surface area contributed by atoms with Gasteiger partial charge in [0.2, 0.25) is 0 Å². The summed E-state index contributed by atoms with van der Waals surface area (Å²) in [4.78, 5) is 12.7. The summed E-state index contributed by atoms with van der Waals surface area (Å²) in [6.07, 6.45) is 0. The van der Waals surface area contributed by atoms with Crippen LogP contribution in [0.25, 0.3) is 0 Å². The fraction of sp³-hybridized carbons (Fsp3) is 0.350. The maximum Gasteiger partial charge on any atom is 0.252 e. The van der Waals surface area contributed by atoms with Crippen molar-refractivity contribution in [1.82, 2.24) is 5.32 Å². The molecule has 0 aliphatic rings. The molecule has 4 heteroatoms. The number of benzene rings is 2. The molecule has 128 valence electrons. The Morgan fingerprint density at radius 3 is 2.29 bits per heavy atom. The number of amides is 1. The van der Waals surface area contributed by atoms with Crippen molar-refractivity contribution < 1.29 is 13.9 Å². The summed E-state index contributed by atoms with van der Waals surface area (Å²) >= 11 is 0. The Morgan fingerprint density at radius 1 is 1.12 bits per heavy atom. The lowest BCUT2D eigenvalue weighted by Gasteiger charge is -2.18. The van der Waals surface area contributed by atoms with Crippen LogP contribution in [-0.2, 0) is 0 Å². The number of aryl methyl sites for hydroxylation is 1. The molecule has 0 aliphatic carbocycles. The predicted molar refractivity (Wildman–Crippen MR) is 94.1 cm³/mol. The highest BCUT2D eigenvalue weighted by Gasteiger charge is 2.17. The smallest absolute Gasteiger partial charge is 0.252 e. The molecule has 24 heavy (non-hydrogen) atoms. The molecule has 1 atom stereocenters. The molecule has 2 aromatic rings. The highest BCUT2D eigenvalue weighted by Crippen LogP contribution is 2.30. The third-order valence-corrected chi connectivity index (χ3v) is 4.16. The van der Waals surface area contributed by atoms with Crippen LogP contribution in [0.2, 0.25) is 0 Å². The zero-order valence-corrected chi connectivity index (χ0v) is 14.8. The first-order valence-electron chi connectivity index (χ1n) is 8.08. The molecule has 0 aromatic heterocycles. The Morgan fingerprint density at radius 2 is 1.75 bits per heavy atom. The van der Waals surface area contributed by atoms with Gasteiger partial charge in [0.25, 0.3) is 5.91 Å². The largest absolute Gasteiger partial charge is 0.496 e. The molecule has 0 saturated heterocycles. The summed E-state index contributed by atoms with van der Waals surface area (Å²) < 4.78 is 18.4. The Balaban J connectivity index is 2.26. The predicted octanol–water partition coefficient (Wildman–Crippen LogP) is 4.76. The van der Waals surface area contributed by atoms with Crippen LogP contribution in [0.4, 0.5) is 4.39 Å². The summed E-state index contributed by atoms with van der Waals surface area (Å²) in [5.74, 6) is 0.617. The lowest BCUT2D eigenvalue weighted by atomic mass is 9.95. The third-order valence-electron chi connectivity index (χ3n) is 4.16. The quantitative estimate of drug-likeness (QED) is 0.859. The maximum absolute atomic E-state index is 13.0. The number of ether oxygens (including phenoxy) is 1. The van der Waals surface area contributed by atoms with Crippen LogP contribution in [0.5, 0.6) is 5.75 Å². The average Bonchev–Trinajstić information content (AvgIpc) is 2.54. The summed E-state index contributed by atoms with van der Waals surface area (Å²) in [5.41, 5.74) is 3.36. The second-order valence-corrected chi connectivity index (χ2v) is 6.31. The molecule has 0 bridgehead atoms. The third kappa shape index (κ3) is 3.94. The van der Waals surface area contributed by atoms with Gasteiger partial charge in [0.1, 0.15) is 11.6 Å². The molecule has 2 rings (SSSR count). The molecular weight excluding hydrogens is 305 g/mol. The molecule has 0 saturated carbocycles. The van der Waals surface area contributed by atoms with Crippen molar-refractivity contribution in [3.05, 3.63) is 64.5 Å². The number of methoxy groups -OCH3 is 1. The van der Waals surface area contributed by atoms with Crippen molar-refractivity contribution in [2.45, 2.75) is 39.7 Å². The van der Waals surface area contributed by atoms with E-state index in [0.717, 1.165) is 22.4 Å². The van der Waals surface area contributed by atoms with Crippen LogP contribution >= 0.6 is 0 Å². The van der Waals surface area contributed by atoms with Gasteiger partial charge >= 0.3 is 0 Å². The van der Waals surface area contributed by atoms with Gasteiger partial charge in [-0.3, -0.25) is 4.79 Å². The van der Waals surface area contributed by atoms with Crippen molar-refractivity contribution in [3.63, 3.8) is 0 Å². The summed E-state index contributed by atoms with van der Waals surface area (Å²) in [5, 5.41) is 2.97. The zero-order chi connectivity index (χ0) is 17.9. The summed E-state index contributed by atoms with van der Waals surface area (Å²) in [6.45, 7) is 7.91. The van der Waals surface area contributed by atoms with Crippen LogP contribution in [0.1, 0.15) is 59.8 Å². The second kappa shape index (κ2) is 7.47. The molecule has 3 nitrogen and oxygen atoms in total. The minimum Gasteiger partial charge on any atom is -0.496 e. The van der Waals surface area contributed by atoms with Gasteiger partial charge in [-0.1, -0.05) is 26.0 Å². The highest BCUT2D eigenvalue weighted by atomic mass is 19.1. The van der Waals surface area contributed by atoms with E-state index in [1.54, 1.807) is 19.2 Å². The van der Waals surface area contributed by atoms with Crippen molar-refractivity contribution in [2.24, 2.45) is 0 Å². The molecule has 2 aromatic carbocycles. The van der Waals surface area contributed by atoms with Gasteiger partial charge in [-0.05, 0) is 60.7 Å². The van der Waals surface area contributed by atoms with E-state index < -0.39 is 0 Å². The Hall–Kier alpha value is -2.36. The van der Waals surface area contributed by atoms with Crippen LogP contribution < -0.4 is 10.1 Å². The molecule has 0 spiro atoms. The van der Waals surface area contributed by atoms with Crippen LogP contribution in [0.15, 0.2) is 36.4 Å². The van der Waals surface area contributed by atoms with E-state index >= 15 is 0 Å². The van der Waals surface area contributed by atoms with Crippen molar-refractivity contribution in [1.29, 1.82) is 0 Å². The van der Waals surface area contributed by atoms with Gasteiger partial charge < -0.3 is 10.1 Å². The van der Waals surface area contributed by atoms with E-state index in [4.69, 9.17) is 4.74 Å². The number of carbonyl (C=O) groups excluding carboxylic acids is 1. The van der Waals surface area contributed by atoms with E-state index in [1.807, 2.05) is 26.0 Å². The molecule has 0 aliphatic heterocycles. The minimum absolute atomic E-state index is 0.145. The topological polar surface area (TPSA) is 38.3 Å². The van der Waals surface area contributed by atoms with Crippen molar-refractivity contribution in [2.75, 3.05) is 7.11 Å². The molecule has 1 unspecified atom stereocenters. The van der Waals surface area contributed by atoms with E-state index in [0.29, 0.717) is 5.56 Å². The molecule has 1 N–H and O–H groups in total. The fourth-order valence-electron chi connectivity index (χ4n) is 2.68. The zero-order valence-electron chi connectivity index (χ0n) is 14.8. The van der Waals surface area contributed by atoms with Crippen molar-refractivity contribution >= 4 is 5.91 Å². The molecular formula is C20H24FNO2. The Labute approximate surface area is 142 Å². The number of halogens is 1. The SMILES string of the molecule is COc1cc(C)c(C(=O)NC(C)c2ccc(F)cc2)cc1C(C)C. The maximum atomic E-state index is 13.0. The number of hydrogen-bond acceptors (Lipinski definition) is 2. The molecule has 0 heterocycles. The van der Waals surface area contributed by atoms with Crippen LogP contribution in [0.3, 0.4) is 0 Å². The number of rotatable bonds is 5. The number of carbonyl (C=O) groups is 1. The first-order valence-corrected chi connectivity index (χ1v) is 8.08. The van der Waals surface area contributed by atoms with Gasteiger partial charge in [0.05, 0.1) is 13.2 Å². The number of nitrogens with one attached hydrogen (secondary N) is 1. The van der Waals surface area contributed by atoms with E-state index in [2.05, 4.69) is 19.2 Å².